The molecule has 1 N–H and O–H groups in total. The number of hydrogen-bond acceptors (Lipinski definition) is 2. The van der Waals surface area contributed by atoms with Gasteiger partial charge in [0.25, 0.3) is 0 Å². The molecule has 0 aromatic carbocycles. The molecule has 1 saturated carbocycles. The van der Waals surface area contributed by atoms with Gasteiger partial charge in [-0.3, -0.25) is 0 Å². The molecule has 16 heavy (non-hydrogen) atoms. The lowest BCUT2D eigenvalue weighted by molar-refractivity contribution is 0.222. The zero-order chi connectivity index (χ0) is 11.4. The number of nitrogens with one attached hydrogen (secondary N) is 1. The van der Waals surface area contributed by atoms with Crippen molar-refractivity contribution in [3.05, 3.63) is 24.2 Å². The Morgan fingerprint density at radius 3 is 2.75 bits per heavy atom. The Morgan fingerprint density at radius 2 is 2.19 bits per heavy atom. The summed E-state index contributed by atoms with van der Waals surface area (Å²) in [5, 5.41) is 3.69. The second-order valence-electron chi connectivity index (χ2n) is 5.30. The summed E-state index contributed by atoms with van der Waals surface area (Å²) in [6.07, 6.45) is 10.3. The number of hydrogen-bond donors (Lipinski definition) is 1. The van der Waals surface area contributed by atoms with E-state index in [2.05, 4.69) is 25.2 Å². The predicted octanol–water partition coefficient (Wildman–Crippen LogP) is 3.90. The summed E-state index contributed by atoms with van der Waals surface area (Å²) in [5.74, 6) is 0. The quantitative estimate of drug-likeness (QED) is 0.815. The average molecular weight is 221 g/mol. The second-order valence-corrected chi connectivity index (χ2v) is 5.30. The minimum atomic E-state index is 0.416. The monoisotopic (exact) mass is 221 g/mol. The van der Waals surface area contributed by atoms with Gasteiger partial charge in [-0.2, -0.15) is 0 Å². The Morgan fingerprint density at radius 1 is 1.44 bits per heavy atom. The second kappa shape index (κ2) is 5.05. The molecule has 0 aliphatic heterocycles. The fourth-order valence-electron chi connectivity index (χ4n) is 2.97. The molecular formula is C14H23NO. The molecule has 2 nitrogen and oxygen atoms in total. The fraction of sp³-hybridized carbons (Fsp3) is 0.714. The van der Waals surface area contributed by atoms with Gasteiger partial charge >= 0.3 is 0 Å². The highest BCUT2D eigenvalue weighted by molar-refractivity contribution is 5.16. The van der Waals surface area contributed by atoms with Gasteiger partial charge in [0.05, 0.1) is 12.5 Å². The Balaban J connectivity index is 2.14. The van der Waals surface area contributed by atoms with Crippen molar-refractivity contribution in [2.24, 2.45) is 5.41 Å². The van der Waals surface area contributed by atoms with E-state index in [1.807, 2.05) is 6.26 Å². The number of furan rings is 1. The van der Waals surface area contributed by atoms with Gasteiger partial charge in [-0.1, -0.05) is 26.7 Å². The van der Waals surface area contributed by atoms with Crippen LogP contribution in [0.1, 0.15) is 57.6 Å². The smallest absolute Gasteiger partial charge is 0.0950 e. The van der Waals surface area contributed by atoms with E-state index in [9.17, 15) is 0 Å². The Hall–Kier alpha value is -0.760. The molecule has 0 amide bonds. The van der Waals surface area contributed by atoms with Crippen LogP contribution in [0.15, 0.2) is 23.0 Å². The standard InChI is InChI=1S/C14H23NO/c1-3-9-15-13(12-6-10-16-11-12)14(2)7-4-5-8-14/h6,10-11,13,15H,3-5,7-9H2,1-2H3. The summed E-state index contributed by atoms with van der Waals surface area (Å²) >= 11 is 0. The fourth-order valence-corrected chi connectivity index (χ4v) is 2.97. The summed E-state index contributed by atoms with van der Waals surface area (Å²) in [6, 6.07) is 2.57. The van der Waals surface area contributed by atoms with Crippen molar-refractivity contribution >= 4 is 0 Å². The molecule has 0 spiro atoms. The van der Waals surface area contributed by atoms with Crippen LogP contribution in [0, 0.1) is 5.41 Å². The molecule has 1 fully saturated rings. The van der Waals surface area contributed by atoms with E-state index in [1.54, 1.807) is 6.26 Å². The van der Waals surface area contributed by atoms with E-state index in [0.29, 0.717) is 11.5 Å². The summed E-state index contributed by atoms with van der Waals surface area (Å²) in [6.45, 7) is 5.72. The molecule has 0 radical (unpaired) electrons. The summed E-state index contributed by atoms with van der Waals surface area (Å²) in [4.78, 5) is 0. The van der Waals surface area contributed by atoms with Gasteiger partial charge in [0.2, 0.25) is 0 Å². The third-order valence-electron chi connectivity index (χ3n) is 3.92. The average Bonchev–Trinajstić information content (AvgIpc) is 2.91. The Labute approximate surface area is 98.4 Å². The van der Waals surface area contributed by atoms with Crippen molar-refractivity contribution in [3.63, 3.8) is 0 Å². The maximum Gasteiger partial charge on any atom is 0.0950 e. The van der Waals surface area contributed by atoms with Gasteiger partial charge < -0.3 is 9.73 Å². The molecule has 0 bridgehead atoms. The zero-order valence-corrected chi connectivity index (χ0v) is 10.5. The first-order valence-electron chi connectivity index (χ1n) is 6.52. The van der Waals surface area contributed by atoms with Crippen molar-refractivity contribution in [1.82, 2.24) is 5.32 Å². The van der Waals surface area contributed by atoms with E-state index < -0.39 is 0 Å². The maximum absolute atomic E-state index is 5.24. The molecule has 1 aromatic heterocycles. The summed E-state index contributed by atoms with van der Waals surface area (Å²) < 4.78 is 5.24. The number of rotatable bonds is 5. The molecule has 1 heterocycles. The van der Waals surface area contributed by atoms with Gasteiger partial charge in [-0.15, -0.1) is 0 Å². The Bertz CT molecular complexity index is 299. The van der Waals surface area contributed by atoms with Crippen molar-refractivity contribution in [3.8, 4) is 0 Å². The van der Waals surface area contributed by atoms with Crippen LogP contribution in [0.3, 0.4) is 0 Å². The van der Waals surface area contributed by atoms with Crippen molar-refractivity contribution in [2.75, 3.05) is 6.54 Å². The van der Waals surface area contributed by atoms with Crippen molar-refractivity contribution in [1.29, 1.82) is 0 Å². The Kier molecular flexibility index (Phi) is 3.70. The lowest BCUT2D eigenvalue weighted by atomic mass is 9.78. The SMILES string of the molecule is CCCNC(c1ccoc1)C1(C)CCCC1. The molecule has 1 aliphatic carbocycles. The normalized spacial score (nSPS) is 21.1. The minimum absolute atomic E-state index is 0.416. The highest BCUT2D eigenvalue weighted by Gasteiger charge is 2.37. The van der Waals surface area contributed by atoms with E-state index >= 15 is 0 Å². The van der Waals surface area contributed by atoms with Crippen LogP contribution in [0.4, 0.5) is 0 Å². The molecule has 1 atom stereocenters. The van der Waals surface area contributed by atoms with Crippen LogP contribution in [-0.2, 0) is 0 Å². The molecule has 2 heteroatoms. The maximum atomic E-state index is 5.24. The minimum Gasteiger partial charge on any atom is -0.472 e. The zero-order valence-electron chi connectivity index (χ0n) is 10.5. The van der Waals surface area contributed by atoms with Crippen LogP contribution < -0.4 is 5.32 Å². The van der Waals surface area contributed by atoms with E-state index in [4.69, 9.17) is 4.42 Å². The first kappa shape index (κ1) is 11.7. The lowest BCUT2D eigenvalue weighted by Crippen LogP contribution is -2.34. The van der Waals surface area contributed by atoms with Crippen LogP contribution in [0.2, 0.25) is 0 Å². The molecule has 90 valence electrons. The van der Waals surface area contributed by atoms with Crippen LogP contribution >= 0.6 is 0 Å². The third kappa shape index (κ3) is 2.32. The van der Waals surface area contributed by atoms with Crippen LogP contribution in [-0.4, -0.2) is 6.54 Å². The largest absolute Gasteiger partial charge is 0.472 e. The third-order valence-corrected chi connectivity index (χ3v) is 3.92. The van der Waals surface area contributed by atoms with Crippen molar-refractivity contribution in [2.45, 2.75) is 52.0 Å². The van der Waals surface area contributed by atoms with Crippen molar-refractivity contribution < 1.29 is 4.42 Å². The molecule has 1 aromatic rings. The van der Waals surface area contributed by atoms with Gasteiger partial charge in [0.1, 0.15) is 0 Å². The lowest BCUT2D eigenvalue weighted by Gasteiger charge is -2.34. The topological polar surface area (TPSA) is 25.2 Å². The summed E-state index contributed by atoms with van der Waals surface area (Å²) in [5.41, 5.74) is 1.73. The molecule has 1 unspecified atom stereocenters. The van der Waals surface area contributed by atoms with Gasteiger partial charge in [0.15, 0.2) is 0 Å². The van der Waals surface area contributed by atoms with E-state index in [0.717, 1.165) is 6.54 Å². The molecular weight excluding hydrogens is 198 g/mol. The highest BCUT2D eigenvalue weighted by Crippen LogP contribution is 2.47. The van der Waals surface area contributed by atoms with Gasteiger partial charge in [-0.25, -0.2) is 0 Å². The van der Waals surface area contributed by atoms with Gasteiger partial charge in [-0.05, 0) is 37.3 Å². The summed E-state index contributed by atoms with van der Waals surface area (Å²) in [7, 11) is 0. The molecule has 0 saturated heterocycles. The predicted molar refractivity (Wildman–Crippen MR) is 66.3 cm³/mol. The molecule has 1 aliphatic rings. The van der Waals surface area contributed by atoms with E-state index in [1.165, 1.54) is 37.7 Å². The molecule has 2 rings (SSSR count). The first-order valence-corrected chi connectivity index (χ1v) is 6.52. The highest BCUT2D eigenvalue weighted by atomic mass is 16.3. The van der Waals surface area contributed by atoms with Gasteiger partial charge in [0, 0.05) is 11.6 Å². The van der Waals surface area contributed by atoms with E-state index in [-0.39, 0.29) is 0 Å². The van der Waals surface area contributed by atoms with Crippen LogP contribution in [0.5, 0.6) is 0 Å². The van der Waals surface area contributed by atoms with Crippen LogP contribution in [0.25, 0.3) is 0 Å². The first-order chi connectivity index (χ1) is 7.76.